The highest BCUT2D eigenvalue weighted by molar-refractivity contribution is 7.23. The number of thiophene rings is 1. The predicted octanol–water partition coefficient (Wildman–Crippen LogP) is 6.52. The van der Waals surface area contributed by atoms with Crippen molar-refractivity contribution < 1.29 is 19.1 Å². The number of para-hydroxylation sites is 1. The summed E-state index contributed by atoms with van der Waals surface area (Å²) in [5, 5.41) is 4.28. The molecule has 4 aromatic rings. The highest BCUT2D eigenvalue weighted by atomic mass is 35.5. The van der Waals surface area contributed by atoms with Crippen LogP contribution in [0.5, 0.6) is 0 Å². The van der Waals surface area contributed by atoms with Gasteiger partial charge in [0.05, 0.1) is 16.3 Å². The van der Waals surface area contributed by atoms with Crippen molar-refractivity contribution in [2.45, 2.75) is 39.2 Å². The van der Waals surface area contributed by atoms with Gasteiger partial charge in [-0.15, -0.1) is 0 Å². The number of amides is 2. The topological polar surface area (TPSA) is 97.7 Å². The average Bonchev–Trinajstić information content (AvgIpc) is 3.30. The van der Waals surface area contributed by atoms with Crippen LogP contribution in [0.15, 0.2) is 71.5 Å². The van der Waals surface area contributed by atoms with Gasteiger partial charge in [-0.3, -0.25) is 19.0 Å². The molecule has 0 saturated carbocycles. The van der Waals surface area contributed by atoms with Gasteiger partial charge in [0, 0.05) is 36.0 Å². The molecule has 5 rings (SSSR count). The van der Waals surface area contributed by atoms with Crippen LogP contribution in [0.1, 0.15) is 49.5 Å². The number of hydrogen-bond donors (Lipinski definition) is 1. The van der Waals surface area contributed by atoms with Crippen LogP contribution in [0, 0.1) is 5.92 Å². The molecule has 8 nitrogen and oxygen atoms in total. The zero-order chi connectivity index (χ0) is 29.3. The number of rotatable bonds is 5. The van der Waals surface area contributed by atoms with Gasteiger partial charge >= 0.3 is 6.09 Å². The standard InChI is InChI=1S/C31H30ClN3O5S/c1-31(2,3)40-30(39)34-17-15-20(16-18-34)27(38)33-28-25(26(37)19-9-5-4-6-10-19)21-13-14-24(36)35(29(21)41-28)23-12-8-7-11-22(23)32/h4-14,20H,15-18H2,1-3H3,(H,33,38). The molecule has 2 aromatic carbocycles. The summed E-state index contributed by atoms with van der Waals surface area (Å²) in [6.07, 6.45) is 0.527. The molecule has 212 valence electrons. The lowest BCUT2D eigenvalue weighted by Gasteiger charge is -2.32. The normalized spacial score (nSPS) is 14.2. The van der Waals surface area contributed by atoms with Crippen molar-refractivity contribution >= 4 is 55.9 Å². The summed E-state index contributed by atoms with van der Waals surface area (Å²) in [6, 6.07) is 18.8. The van der Waals surface area contributed by atoms with Crippen LogP contribution in [0.25, 0.3) is 15.9 Å². The van der Waals surface area contributed by atoms with Gasteiger partial charge in [-0.05, 0) is 51.8 Å². The fraction of sp³-hybridized carbons (Fsp3) is 0.290. The Morgan fingerprint density at radius 3 is 2.27 bits per heavy atom. The first-order valence-corrected chi connectivity index (χ1v) is 14.5. The van der Waals surface area contributed by atoms with Gasteiger partial charge in [0.15, 0.2) is 5.78 Å². The first kappa shape index (κ1) is 28.6. The maximum Gasteiger partial charge on any atom is 0.410 e. The van der Waals surface area contributed by atoms with Gasteiger partial charge in [-0.1, -0.05) is 65.4 Å². The number of hydrogen-bond acceptors (Lipinski definition) is 6. The number of nitrogens with zero attached hydrogens (tertiary/aromatic N) is 2. The molecule has 1 N–H and O–H groups in total. The molecule has 0 radical (unpaired) electrons. The van der Waals surface area contributed by atoms with E-state index in [0.717, 1.165) is 11.3 Å². The van der Waals surface area contributed by atoms with E-state index >= 15 is 0 Å². The van der Waals surface area contributed by atoms with E-state index in [9.17, 15) is 19.2 Å². The number of anilines is 1. The lowest BCUT2D eigenvalue weighted by Crippen LogP contribution is -2.43. The molecule has 0 spiro atoms. The Labute approximate surface area is 246 Å². The van der Waals surface area contributed by atoms with E-state index in [1.165, 1.54) is 10.6 Å². The summed E-state index contributed by atoms with van der Waals surface area (Å²) >= 11 is 7.63. The van der Waals surface area contributed by atoms with E-state index in [0.29, 0.717) is 63.0 Å². The maximum atomic E-state index is 13.8. The highest BCUT2D eigenvalue weighted by Crippen LogP contribution is 2.39. The number of piperidine rings is 1. The summed E-state index contributed by atoms with van der Waals surface area (Å²) in [4.78, 5) is 55.0. The molecule has 0 atom stereocenters. The van der Waals surface area contributed by atoms with Crippen LogP contribution in [0.4, 0.5) is 9.80 Å². The molecule has 10 heteroatoms. The molecule has 0 aliphatic carbocycles. The van der Waals surface area contributed by atoms with Crippen molar-refractivity contribution in [2.75, 3.05) is 18.4 Å². The molecule has 0 unspecified atom stereocenters. The average molecular weight is 592 g/mol. The Kier molecular flexibility index (Phi) is 8.02. The van der Waals surface area contributed by atoms with Gasteiger partial charge in [-0.25, -0.2) is 4.79 Å². The number of pyridine rings is 1. The largest absolute Gasteiger partial charge is 0.444 e. The van der Waals surface area contributed by atoms with Gasteiger partial charge in [0.2, 0.25) is 5.91 Å². The Morgan fingerprint density at radius 2 is 1.61 bits per heavy atom. The second-order valence-electron chi connectivity index (χ2n) is 10.9. The number of carbonyl (C=O) groups excluding carboxylic acids is 3. The molecular weight excluding hydrogens is 562 g/mol. The number of ether oxygens (including phenoxy) is 1. The minimum absolute atomic E-state index is 0.242. The van der Waals surface area contributed by atoms with Crippen LogP contribution in [-0.4, -0.2) is 45.9 Å². The van der Waals surface area contributed by atoms with Crippen molar-refractivity contribution in [2.24, 2.45) is 5.92 Å². The highest BCUT2D eigenvalue weighted by Gasteiger charge is 2.32. The van der Waals surface area contributed by atoms with Crippen molar-refractivity contribution in [3.8, 4) is 5.69 Å². The monoisotopic (exact) mass is 591 g/mol. The first-order chi connectivity index (χ1) is 19.5. The fourth-order valence-corrected chi connectivity index (χ4v) is 6.28. The molecule has 0 bridgehead atoms. The summed E-state index contributed by atoms with van der Waals surface area (Å²) < 4.78 is 6.94. The summed E-state index contributed by atoms with van der Waals surface area (Å²) in [7, 11) is 0. The van der Waals surface area contributed by atoms with Gasteiger partial charge in [0.1, 0.15) is 15.4 Å². The minimum Gasteiger partial charge on any atom is -0.444 e. The number of nitrogens with one attached hydrogen (secondary N) is 1. The number of fused-ring (bicyclic) bond motifs is 1. The van der Waals surface area contributed by atoms with Crippen LogP contribution >= 0.6 is 22.9 Å². The van der Waals surface area contributed by atoms with Crippen LogP contribution in [0.2, 0.25) is 5.02 Å². The van der Waals surface area contributed by atoms with E-state index in [2.05, 4.69) is 5.32 Å². The fourth-order valence-electron chi connectivity index (χ4n) is 4.86. The summed E-state index contributed by atoms with van der Waals surface area (Å²) in [5.41, 5.74) is 0.356. The SMILES string of the molecule is CC(C)(C)OC(=O)N1CCC(C(=O)Nc2sc3c(ccc(=O)n3-c3ccccc3Cl)c2C(=O)c2ccccc2)CC1. The van der Waals surface area contributed by atoms with E-state index in [4.69, 9.17) is 16.3 Å². The third-order valence-corrected chi connectivity index (χ3v) is 8.28. The lowest BCUT2D eigenvalue weighted by atomic mass is 9.96. The maximum absolute atomic E-state index is 13.8. The minimum atomic E-state index is -0.598. The van der Waals surface area contributed by atoms with Gasteiger partial charge < -0.3 is 15.0 Å². The lowest BCUT2D eigenvalue weighted by molar-refractivity contribution is -0.121. The third-order valence-electron chi connectivity index (χ3n) is 6.85. The zero-order valence-electron chi connectivity index (χ0n) is 23.0. The van der Waals surface area contributed by atoms with Crippen molar-refractivity contribution in [3.63, 3.8) is 0 Å². The molecular formula is C31H30ClN3O5S. The van der Waals surface area contributed by atoms with E-state index in [1.54, 1.807) is 59.5 Å². The Balaban J connectivity index is 1.50. The number of likely N-dealkylation sites (tertiary alicyclic amines) is 1. The number of halogens is 1. The van der Waals surface area contributed by atoms with Crippen LogP contribution < -0.4 is 10.9 Å². The smallest absolute Gasteiger partial charge is 0.410 e. The molecule has 2 amide bonds. The molecule has 1 saturated heterocycles. The number of ketones is 1. The second-order valence-corrected chi connectivity index (χ2v) is 12.3. The molecule has 1 aliphatic rings. The number of carbonyl (C=O) groups is 3. The van der Waals surface area contributed by atoms with E-state index in [-0.39, 0.29) is 23.2 Å². The second kappa shape index (κ2) is 11.5. The van der Waals surface area contributed by atoms with Crippen LogP contribution in [0.3, 0.4) is 0 Å². The third kappa shape index (κ3) is 6.06. The van der Waals surface area contributed by atoms with Gasteiger partial charge in [-0.2, -0.15) is 0 Å². The molecule has 1 fully saturated rings. The zero-order valence-corrected chi connectivity index (χ0v) is 24.6. The quantitative estimate of drug-likeness (QED) is 0.266. The van der Waals surface area contributed by atoms with Crippen molar-refractivity contribution in [1.29, 1.82) is 0 Å². The molecule has 3 heterocycles. The summed E-state index contributed by atoms with van der Waals surface area (Å²) in [5.74, 6) is -0.866. The number of aromatic nitrogens is 1. The Hall–Kier alpha value is -3.95. The molecule has 1 aliphatic heterocycles. The Bertz CT molecular complexity index is 1680. The number of benzene rings is 2. The van der Waals surface area contributed by atoms with Crippen molar-refractivity contribution in [3.05, 3.63) is 93.2 Å². The summed E-state index contributed by atoms with van der Waals surface area (Å²) in [6.45, 7) is 6.23. The first-order valence-electron chi connectivity index (χ1n) is 13.4. The van der Waals surface area contributed by atoms with Gasteiger partial charge in [0.25, 0.3) is 5.56 Å². The van der Waals surface area contributed by atoms with E-state index < -0.39 is 11.7 Å². The molecule has 2 aromatic heterocycles. The predicted molar refractivity (Wildman–Crippen MR) is 161 cm³/mol. The Morgan fingerprint density at radius 1 is 0.951 bits per heavy atom. The molecule has 41 heavy (non-hydrogen) atoms. The van der Waals surface area contributed by atoms with Crippen LogP contribution in [-0.2, 0) is 9.53 Å². The van der Waals surface area contributed by atoms with E-state index in [1.807, 2.05) is 26.8 Å². The van der Waals surface area contributed by atoms with Crippen molar-refractivity contribution in [1.82, 2.24) is 9.47 Å².